The zero-order chi connectivity index (χ0) is 27.9. The highest BCUT2D eigenvalue weighted by Crippen LogP contribution is 2.37. The molecule has 0 spiro atoms. The normalized spacial score (nSPS) is 11.3. The molecule has 2 aromatic heterocycles. The van der Waals surface area contributed by atoms with E-state index < -0.39 is 0 Å². The number of benzene rings is 6. The van der Waals surface area contributed by atoms with E-state index in [1.807, 2.05) is 24.3 Å². The first-order valence-electron chi connectivity index (χ1n) is 14.1. The van der Waals surface area contributed by atoms with Gasteiger partial charge in [0.1, 0.15) is 11.6 Å². The maximum absolute atomic E-state index is 5.19. The van der Waals surface area contributed by atoms with Crippen molar-refractivity contribution in [1.29, 1.82) is 0 Å². The van der Waals surface area contributed by atoms with Crippen LogP contribution in [-0.4, -0.2) is 19.1 Å². The average molecular weight is 539 g/mol. The van der Waals surface area contributed by atoms with Crippen molar-refractivity contribution in [3.05, 3.63) is 158 Å². The molecule has 0 amide bonds. The summed E-state index contributed by atoms with van der Waals surface area (Å²) in [4.78, 5) is 10.4. The Morgan fingerprint density at radius 1 is 0.333 bits per heavy atom. The zero-order valence-corrected chi connectivity index (χ0v) is 22.8. The van der Waals surface area contributed by atoms with Crippen molar-refractivity contribution in [2.24, 2.45) is 0 Å². The molecule has 0 aliphatic rings. The van der Waals surface area contributed by atoms with E-state index in [0.717, 1.165) is 67.3 Å². The molecule has 0 saturated heterocycles. The first kappa shape index (κ1) is 24.1. The molecule has 6 aromatic carbocycles. The molecule has 198 valence electrons. The maximum Gasteiger partial charge on any atom is 0.145 e. The van der Waals surface area contributed by atoms with E-state index in [1.165, 1.54) is 0 Å². The van der Waals surface area contributed by atoms with E-state index in [4.69, 9.17) is 9.97 Å². The van der Waals surface area contributed by atoms with Crippen LogP contribution in [0, 0.1) is 0 Å². The molecule has 0 N–H and O–H groups in total. The fourth-order valence-electron chi connectivity index (χ4n) is 5.80. The quantitative estimate of drug-likeness (QED) is 0.219. The van der Waals surface area contributed by atoms with Gasteiger partial charge >= 0.3 is 0 Å². The van der Waals surface area contributed by atoms with Crippen molar-refractivity contribution < 1.29 is 0 Å². The highest BCUT2D eigenvalue weighted by Gasteiger charge is 2.19. The second-order valence-electron chi connectivity index (χ2n) is 10.4. The summed E-state index contributed by atoms with van der Waals surface area (Å²) < 4.78 is 4.51. The number of hydrogen-bond acceptors (Lipinski definition) is 2. The zero-order valence-electron chi connectivity index (χ0n) is 22.8. The molecule has 0 aliphatic heterocycles. The summed E-state index contributed by atoms with van der Waals surface area (Å²) in [5.74, 6) is 1.78. The van der Waals surface area contributed by atoms with E-state index >= 15 is 0 Å². The third-order valence-corrected chi connectivity index (χ3v) is 7.71. The van der Waals surface area contributed by atoms with E-state index in [9.17, 15) is 0 Å². The van der Waals surface area contributed by atoms with Crippen molar-refractivity contribution >= 4 is 22.1 Å². The van der Waals surface area contributed by atoms with E-state index in [-0.39, 0.29) is 0 Å². The number of hydrogen-bond donors (Lipinski definition) is 0. The lowest BCUT2D eigenvalue weighted by Crippen LogP contribution is -2.00. The number of para-hydroxylation sites is 6. The summed E-state index contributed by atoms with van der Waals surface area (Å²) in [5, 5.41) is 0. The first-order valence-corrected chi connectivity index (χ1v) is 14.1. The van der Waals surface area contributed by atoms with Gasteiger partial charge in [0.2, 0.25) is 0 Å². The highest BCUT2D eigenvalue weighted by molar-refractivity contribution is 5.88. The van der Waals surface area contributed by atoms with Gasteiger partial charge < -0.3 is 0 Å². The summed E-state index contributed by atoms with van der Waals surface area (Å²) in [6.07, 6.45) is 0. The molecule has 4 heteroatoms. The molecule has 0 saturated carbocycles. The van der Waals surface area contributed by atoms with E-state index in [1.54, 1.807) is 0 Å². The Hall–Kier alpha value is -5.74. The standard InChI is InChI=1S/C38H26N4/c1-4-14-27(15-5-1)28-24-29(37-39-33-20-10-12-22-35(33)41(37)31-16-6-2-7-17-31)26-30(25-28)38-40-34-21-11-13-23-36(34)42(38)32-18-8-3-9-19-32/h1-26H. The Morgan fingerprint density at radius 3 is 1.19 bits per heavy atom. The SMILES string of the molecule is c1ccc(-c2cc(-c3nc4ccccc4n3-c3ccccc3)cc(-c3nc4ccccc4n3-c3ccccc3)c2)cc1. The Kier molecular flexibility index (Phi) is 5.75. The summed E-state index contributed by atoms with van der Waals surface area (Å²) in [5.41, 5.74) is 10.5. The molecule has 8 aromatic rings. The minimum Gasteiger partial charge on any atom is -0.292 e. The number of aromatic nitrogens is 4. The van der Waals surface area contributed by atoms with Crippen LogP contribution >= 0.6 is 0 Å². The van der Waals surface area contributed by atoms with Crippen LogP contribution in [0.3, 0.4) is 0 Å². The van der Waals surface area contributed by atoms with Crippen LogP contribution in [-0.2, 0) is 0 Å². The number of rotatable bonds is 5. The lowest BCUT2D eigenvalue weighted by molar-refractivity contribution is 1.09. The van der Waals surface area contributed by atoms with Crippen LogP contribution in [0.1, 0.15) is 0 Å². The first-order chi connectivity index (χ1) is 20.8. The monoisotopic (exact) mass is 538 g/mol. The molecule has 0 radical (unpaired) electrons. The number of nitrogens with zero attached hydrogens (tertiary/aromatic N) is 4. The fourth-order valence-corrected chi connectivity index (χ4v) is 5.80. The van der Waals surface area contributed by atoms with Crippen LogP contribution in [0.2, 0.25) is 0 Å². The van der Waals surface area contributed by atoms with Crippen molar-refractivity contribution in [3.8, 4) is 45.3 Å². The molecule has 0 bridgehead atoms. The Labute approximate surface area is 243 Å². The molecule has 4 nitrogen and oxygen atoms in total. The van der Waals surface area contributed by atoms with Gasteiger partial charge in [-0.3, -0.25) is 9.13 Å². The maximum atomic E-state index is 5.19. The summed E-state index contributed by atoms with van der Waals surface area (Å²) >= 11 is 0. The predicted octanol–water partition coefficient (Wildman–Crippen LogP) is 9.37. The van der Waals surface area contributed by atoms with Gasteiger partial charge in [0.25, 0.3) is 0 Å². The minimum atomic E-state index is 0.892. The fraction of sp³-hybridized carbons (Fsp3) is 0. The molecule has 0 unspecified atom stereocenters. The van der Waals surface area contributed by atoms with Crippen molar-refractivity contribution in [2.45, 2.75) is 0 Å². The smallest absolute Gasteiger partial charge is 0.145 e. The Morgan fingerprint density at radius 2 is 0.714 bits per heavy atom. The van der Waals surface area contributed by atoms with Crippen molar-refractivity contribution in [3.63, 3.8) is 0 Å². The summed E-state index contributed by atoms with van der Waals surface area (Å²) in [6, 6.07) is 54.8. The lowest BCUT2D eigenvalue weighted by Gasteiger charge is -2.14. The van der Waals surface area contributed by atoms with E-state index in [2.05, 4.69) is 143 Å². The molecule has 8 rings (SSSR count). The minimum absolute atomic E-state index is 0.892. The van der Waals surface area contributed by atoms with Crippen LogP contribution in [0.5, 0.6) is 0 Å². The van der Waals surface area contributed by atoms with Gasteiger partial charge in [0.05, 0.1) is 22.1 Å². The third-order valence-electron chi connectivity index (χ3n) is 7.71. The van der Waals surface area contributed by atoms with Gasteiger partial charge in [-0.15, -0.1) is 0 Å². The van der Waals surface area contributed by atoms with Crippen LogP contribution in [0.4, 0.5) is 0 Å². The van der Waals surface area contributed by atoms with Gasteiger partial charge in [-0.2, -0.15) is 0 Å². The van der Waals surface area contributed by atoms with Crippen molar-refractivity contribution in [2.75, 3.05) is 0 Å². The molecule has 0 aliphatic carbocycles. The predicted molar refractivity (Wildman–Crippen MR) is 172 cm³/mol. The second kappa shape index (κ2) is 10.0. The van der Waals surface area contributed by atoms with Crippen LogP contribution in [0.15, 0.2) is 158 Å². The topological polar surface area (TPSA) is 35.6 Å². The highest BCUT2D eigenvalue weighted by atomic mass is 15.1. The Bertz CT molecular complexity index is 2040. The molecular weight excluding hydrogens is 512 g/mol. The molecule has 0 atom stereocenters. The van der Waals surface area contributed by atoms with Gasteiger partial charge in [0.15, 0.2) is 0 Å². The number of fused-ring (bicyclic) bond motifs is 2. The third kappa shape index (κ3) is 4.09. The molecule has 2 heterocycles. The van der Waals surface area contributed by atoms with Gasteiger partial charge in [-0.25, -0.2) is 9.97 Å². The van der Waals surface area contributed by atoms with Crippen molar-refractivity contribution in [1.82, 2.24) is 19.1 Å². The summed E-state index contributed by atoms with van der Waals surface area (Å²) in [6.45, 7) is 0. The molecule has 42 heavy (non-hydrogen) atoms. The van der Waals surface area contributed by atoms with Gasteiger partial charge in [-0.1, -0.05) is 91.0 Å². The van der Waals surface area contributed by atoms with Gasteiger partial charge in [-0.05, 0) is 77.9 Å². The average Bonchev–Trinajstić information content (AvgIpc) is 3.65. The lowest BCUT2D eigenvalue weighted by atomic mass is 9.98. The van der Waals surface area contributed by atoms with Gasteiger partial charge in [0, 0.05) is 22.5 Å². The number of imidazole rings is 2. The second-order valence-corrected chi connectivity index (χ2v) is 10.4. The summed E-state index contributed by atoms with van der Waals surface area (Å²) in [7, 11) is 0. The van der Waals surface area contributed by atoms with Crippen LogP contribution < -0.4 is 0 Å². The molecule has 0 fully saturated rings. The van der Waals surface area contributed by atoms with Crippen LogP contribution in [0.25, 0.3) is 67.3 Å². The molecular formula is C38H26N4. The Balaban J connectivity index is 1.44. The largest absolute Gasteiger partial charge is 0.292 e. The van der Waals surface area contributed by atoms with E-state index in [0.29, 0.717) is 0 Å².